The molecule has 1 atom stereocenters. The molecule has 5 nitrogen and oxygen atoms in total. The third kappa shape index (κ3) is 4.34. The van der Waals surface area contributed by atoms with Crippen LogP contribution in [0.2, 0.25) is 0 Å². The molecule has 1 amide bonds. The van der Waals surface area contributed by atoms with Crippen molar-refractivity contribution in [3.8, 4) is 0 Å². The Kier molecular flexibility index (Phi) is 5.41. The first-order chi connectivity index (χ1) is 8.04. The predicted molar refractivity (Wildman–Crippen MR) is 64.7 cm³/mol. The van der Waals surface area contributed by atoms with Crippen LogP contribution in [0.3, 0.4) is 0 Å². The highest BCUT2D eigenvalue weighted by Crippen LogP contribution is 2.07. The van der Waals surface area contributed by atoms with Crippen LogP contribution in [-0.4, -0.2) is 59.5 Å². The highest BCUT2D eigenvalue weighted by Gasteiger charge is 2.21. The van der Waals surface area contributed by atoms with Crippen molar-refractivity contribution in [1.82, 2.24) is 9.80 Å². The molecule has 1 aliphatic heterocycles. The fourth-order valence-corrected chi connectivity index (χ4v) is 2.09. The molecule has 1 heterocycles. The van der Waals surface area contributed by atoms with Gasteiger partial charge in [0.1, 0.15) is 0 Å². The van der Waals surface area contributed by atoms with Crippen molar-refractivity contribution in [3.05, 3.63) is 0 Å². The van der Waals surface area contributed by atoms with E-state index in [1.165, 1.54) is 0 Å². The van der Waals surface area contributed by atoms with Gasteiger partial charge in [-0.25, -0.2) is 0 Å². The molecule has 0 bridgehead atoms. The molecular formula is C12H22N2O3. The summed E-state index contributed by atoms with van der Waals surface area (Å²) in [4.78, 5) is 26.4. The van der Waals surface area contributed by atoms with Crippen molar-refractivity contribution in [2.75, 3.05) is 32.7 Å². The predicted octanol–water partition coefficient (Wildman–Crippen LogP) is 0.651. The van der Waals surface area contributed by atoms with E-state index in [1.54, 1.807) is 6.92 Å². The number of amides is 1. The molecule has 0 spiro atoms. The average Bonchev–Trinajstić information content (AvgIpc) is 2.53. The second kappa shape index (κ2) is 6.59. The minimum Gasteiger partial charge on any atom is -0.481 e. The normalized spacial score (nSPS) is 19.8. The van der Waals surface area contributed by atoms with Gasteiger partial charge in [-0.15, -0.1) is 0 Å². The molecule has 5 heteroatoms. The van der Waals surface area contributed by atoms with Gasteiger partial charge < -0.3 is 14.9 Å². The Hall–Kier alpha value is -1.10. The van der Waals surface area contributed by atoms with Gasteiger partial charge in [-0.2, -0.15) is 0 Å². The zero-order chi connectivity index (χ0) is 12.8. The monoisotopic (exact) mass is 242 g/mol. The summed E-state index contributed by atoms with van der Waals surface area (Å²) < 4.78 is 0. The van der Waals surface area contributed by atoms with Crippen LogP contribution in [-0.2, 0) is 9.59 Å². The van der Waals surface area contributed by atoms with Crippen LogP contribution < -0.4 is 0 Å². The summed E-state index contributed by atoms with van der Waals surface area (Å²) in [5.41, 5.74) is 0. The molecule has 17 heavy (non-hydrogen) atoms. The fourth-order valence-electron chi connectivity index (χ4n) is 2.09. The maximum atomic E-state index is 11.6. The molecule has 0 saturated carbocycles. The summed E-state index contributed by atoms with van der Waals surface area (Å²) in [5.74, 6) is -0.905. The molecule has 1 rings (SSSR count). The number of aliphatic carboxylic acids is 1. The summed E-state index contributed by atoms with van der Waals surface area (Å²) in [5, 5.41) is 8.87. The lowest BCUT2D eigenvalue weighted by Gasteiger charge is -2.22. The highest BCUT2D eigenvalue weighted by atomic mass is 16.4. The molecule has 1 aliphatic rings. The third-order valence-electron chi connectivity index (χ3n) is 3.20. The quantitative estimate of drug-likeness (QED) is 0.786. The van der Waals surface area contributed by atoms with Gasteiger partial charge in [-0.3, -0.25) is 9.59 Å². The van der Waals surface area contributed by atoms with E-state index in [4.69, 9.17) is 5.11 Å². The van der Waals surface area contributed by atoms with E-state index in [0.717, 1.165) is 32.6 Å². The number of hydrogen-bond acceptors (Lipinski definition) is 3. The molecule has 1 N–H and O–H groups in total. The third-order valence-corrected chi connectivity index (χ3v) is 3.20. The second-order valence-corrected chi connectivity index (χ2v) is 4.63. The average molecular weight is 242 g/mol. The minimum atomic E-state index is -0.754. The molecule has 1 saturated heterocycles. The van der Waals surface area contributed by atoms with Crippen LogP contribution in [0.15, 0.2) is 0 Å². The zero-order valence-electron chi connectivity index (χ0n) is 10.7. The molecule has 0 aromatic rings. The van der Waals surface area contributed by atoms with Crippen LogP contribution in [0.5, 0.6) is 0 Å². The van der Waals surface area contributed by atoms with E-state index in [9.17, 15) is 9.59 Å². The summed E-state index contributed by atoms with van der Waals surface area (Å²) in [7, 11) is 0. The second-order valence-electron chi connectivity index (χ2n) is 4.63. The van der Waals surface area contributed by atoms with Gasteiger partial charge in [0.15, 0.2) is 0 Å². The Morgan fingerprint density at radius 2 is 1.94 bits per heavy atom. The summed E-state index contributed by atoms with van der Waals surface area (Å²) in [6.07, 6.45) is 1.48. The Balaban J connectivity index is 2.42. The van der Waals surface area contributed by atoms with Crippen LogP contribution in [0.4, 0.5) is 0 Å². The Bertz CT molecular complexity index is 281. The Morgan fingerprint density at radius 1 is 1.24 bits per heavy atom. The van der Waals surface area contributed by atoms with E-state index < -0.39 is 5.97 Å². The van der Waals surface area contributed by atoms with Gasteiger partial charge in [0.05, 0.1) is 5.92 Å². The summed E-state index contributed by atoms with van der Waals surface area (Å²) >= 11 is 0. The summed E-state index contributed by atoms with van der Waals surface area (Å²) in [6.45, 7) is 7.35. The highest BCUT2D eigenvalue weighted by molar-refractivity contribution is 5.75. The topological polar surface area (TPSA) is 60.9 Å². The standard InChI is InChI=1S/C12H22N2O3/c1-3-11(15)14-6-4-5-13(7-8-14)9-10(2)12(16)17/h10H,3-9H2,1-2H3,(H,16,17). The Labute approximate surface area is 102 Å². The number of carboxylic acids is 1. The van der Waals surface area contributed by atoms with Crippen LogP contribution >= 0.6 is 0 Å². The number of carbonyl (C=O) groups excluding carboxylic acids is 1. The van der Waals surface area contributed by atoms with E-state index in [0.29, 0.717) is 13.0 Å². The van der Waals surface area contributed by atoms with Gasteiger partial charge in [-0.05, 0) is 13.0 Å². The first kappa shape index (κ1) is 14.0. The van der Waals surface area contributed by atoms with Crippen LogP contribution in [0, 0.1) is 5.92 Å². The molecule has 0 aromatic heterocycles. The van der Waals surface area contributed by atoms with E-state index >= 15 is 0 Å². The molecular weight excluding hydrogens is 220 g/mol. The number of carbonyl (C=O) groups is 2. The van der Waals surface area contributed by atoms with Gasteiger partial charge in [0, 0.05) is 32.6 Å². The lowest BCUT2D eigenvalue weighted by atomic mass is 10.1. The maximum absolute atomic E-state index is 11.6. The number of nitrogens with zero attached hydrogens (tertiary/aromatic N) is 2. The zero-order valence-corrected chi connectivity index (χ0v) is 10.7. The van der Waals surface area contributed by atoms with Gasteiger partial charge in [-0.1, -0.05) is 13.8 Å². The van der Waals surface area contributed by atoms with E-state index in [2.05, 4.69) is 4.90 Å². The van der Waals surface area contributed by atoms with Crippen molar-refractivity contribution in [1.29, 1.82) is 0 Å². The van der Waals surface area contributed by atoms with Crippen LogP contribution in [0.1, 0.15) is 26.7 Å². The van der Waals surface area contributed by atoms with E-state index in [1.807, 2.05) is 11.8 Å². The van der Waals surface area contributed by atoms with E-state index in [-0.39, 0.29) is 11.8 Å². The van der Waals surface area contributed by atoms with Gasteiger partial charge >= 0.3 is 5.97 Å². The molecule has 98 valence electrons. The molecule has 0 aromatic carbocycles. The van der Waals surface area contributed by atoms with Crippen molar-refractivity contribution in [3.63, 3.8) is 0 Å². The van der Waals surface area contributed by atoms with Crippen molar-refractivity contribution >= 4 is 11.9 Å². The van der Waals surface area contributed by atoms with Crippen LogP contribution in [0.25, 0.3) is 0 Å². The lowest BCUT2D eigenvalue weighted by molar-refractivity contribution is -0.141. The number of rotatable bonds is 4. The maximum Gasteiger partial charge on any atom is 0.307 e. The number of carboxylic acid groups (broad SMARTS) is 1. The summed E-state index contributed by atoms with van der Waals surface area (Å²) in [6, 6.07) is 0. The Morgan fingerprint density at radius 3 is 2.53 bits per heavy atom. The fraction of sp³-hybridized carbons (Fsp3) is 0.833. The largest absolute Gasteiger partial charge is 0.481 e. The first-order valence-corrected chi connectivity index (χ1v) is 6.27. The number of hydrogen-bond donors (Lipinski definition) is 1. The smallest absolute Gasteiger partial charge is 0.307 e. The van der Waals surface area contributed by atoms with Gasteiger partial charge in [0.2, 0.25) is 5.91 Å². The molecule has 1 fully saturated rings. The lowest BCUT2D eigenvalue weighted by Crippen LogP contribution is -2.37. The SMILES string of the molecule is CCC(=O)N1CCCN(CC(C)C(=O)O)CC1. The minimum absolute atomic E-state index is 0.193. The molecule has 0 aliphatic carbocycles. The first-order valence-electron chi connectivity index (χ1n) is 6.27. The molecule has 1 unspecified atom stereocenters. The van der Waals surface area contributed by atoms with Crippen molar-refractivity contribution in [2.45, 2.75) is 26.7 Å². The van der Waals surface area contributed by atoms with Crippen molar-refractivity contribution in [2.24, 2.45) is 5.92 Å². The van der Waals surface area contributed by atoms with Gasteiger partial charge in [0.25, 0.3) is 0 Å². The molecule has 0 radical (unpaired) electrons. The van der Waals surface area contributed by atoms with Crippen molar-refractivity contribution < 1.29 is 14.7 Å².